The fraction of sp³-hybridized carbons (Fsp3) is 0.625. The van der Waals surface area contributed by atoms with Gasteiger partial charge in [0.15, 0.2) is 0 Å². The molecule has 178 valence electrons. The van der Waals surface area contributed by atoms with Gasteiger partial charge in [-0.1, -0.05) is 11.4 Å². The van der Waals surface area contributed by atoms with Gasteiger partial charge in [0.1, 0.15) is 18.4 Å². The molecule has 0 unspecified atom stereocenters. The van der Waals surface area contributed by atoms with E-state index in [2.05, 4.69) is 20.3 Å². The SMILES string of the molecule is NCCCC[C@H](N)C([O-])=NCC([O-])=N[C@@H](C[S-])C(=O)NCCn1ccnc1[N+](=O)[O-].[O]=[99Tc+3]. The van der Waals surface area contributed by atoms with Gasteiger partial charge in [0, 0.05) is 12.6 Å². The Kier molecular flexibility index (Phi) is 16.1. The van der Waals surface area contributed by atoms with E-state index in [4.69, 9.17) is 27.6 Å². The zero-order valence-corrected chi connectivity index (χ0v) is 19.8. The summed E-state index contributed by atoms with van der Waals surface area (Å²) < 4.78 is 9.48. The fourth-order valence-corrected chi connectivity index (χ4v) is 2.57. The van der Waals surface area contributed by atoms with Crippen LogP contribution in [0, 0.1) is 10.1 Å². The first kappa shape index (κ1) is 29.7. The van der Waals surface area contributed by atoms with Crippen molar-refractivity contribution >= 4 is 36.3 Å². The number of nitrogens with zero attached hydrogens (tertiary/aromatic N) is 5. The van der Waals surface area contributed by atoms with Gasteiger partial charge in [-0.05, 0) is 36.1 Å². The van der Waals surface area contributed by atoms with Crippen molar-refractivity contribution in [1.82, 2.24) is 14.9 Å². The molecular weight excluding hydrogens is 531 g/mol. The van der Waals surface area contributed by atoms with Gasteiger partial charge in [-0.15, -0.1) is 5.75 Å². The summed E-state index contributed by atoms with van der Waals surface area (Å²) in [5.74, 6) is -2.50. The molecular formula is C16H25N8O6STc. The number of imidazole rings is 1. The monoisotopic (exact) mass is 556 g/mol. The van der Waals surface area contributed by atoms with E-state index < -0.39 is 41.3 Å². The summed E-state index contributed by atoms with van der Waals surface area (Å²) in [6.45, 7) is 0.126. The van der Waals surface area contributed by atoms with Crippen LogP contribution in [-0.2, 0) is 46.3 Å². The predicted molar refractivity (Wildman–Crippen MR) is 109 cm³/mol. The Bertz CT molecular complexity index is 777. The van der Waals surface area contributed by atoms with Crippen molar-refractivity contribution < 1.29 is 42.3 Å². The molecule has 16 heteroatoms. The van der Waals surface area contributed by atoms with E-state index in [1.165, 1.54) is 17.0 Å². The molecule has 2 atom stereocenters. The number of carbonyl (C=O) groups excluding carboxylic acids is 1. The number of hydrogen-bond acceptors (Lipinski definition) is 12. The molecule has 0 aromatic carbocycles. The van der Waals surface area contributed by atoms with Crippen LogP contribution < -0.4 is 27.0 Å². The third-order valence-corrected chi connectivity index (χ3v) is 4.24. The first-order chi connectivity index (χ1) is 15.3. The van der Waals surface area contributed by atoms with Crippen LogP contribution in [0.1, 0.15) is 19.3 Å². The first-order valence-corrected chi connectivity index (χ1v) is 10.7. The van der Waals surface area contributed by atoms with Crippen LogP contribution in [0.15, 0.2) is 22.4 Å². The second-order valence-corrected chi connectivity index (χ2v) is 6.55. The van der Waals surface area contributed by atoms with Crippen molar-refractivity contribution in [2.75, 3.05) is 25.4 Å². The van der Waals surface area contributed by atoms with Crippen molar-refractivity contribution in [1.29, 1.82) is 0 Å². The minimum absolute atomic E-state index is 0.0477. The van der Waals surface area contributed by atoms with Gasteiger partial charge in [0.2, 0.25) is 5.91 Å². The first-order valence-electron chi connectivity index (χ1n) is 9.37. The van der Waals surface area contributed by atoms with Crippen LogP contribution in [0.5, 0.6) is 0 Å². The summed E-state index contributed by atoms with van der Waals surface area (Å²) in [4.78, 5) is 33.2. The number of hydrogen-bond donors (Lipinski definition) is 3. The molecule has 0 aliphatic rings. The number of nitro groups is 1. The van der Waals surface area contributed by atoms with E-state index in [1.807, 2.05) is 0 Å². The van der Waals surface area contributed by atoms with Crippen molar-refractivity contribution in [3.63, 3.8) is 0 Å². The van der Waals surface area contributed by atoms with Gasteiger partial charge in [-0.3, -0.25) is 14.8 Å². The Labute approximate surface area is 200 Å². The van der Waals surface area contributed by atoms with Gasteiger partial charge < -0.3 is 49.7 Å². The maximum absolute atomic E-state index is 12.1. The predicted octanol–water partition coefficient (Wildman–Crippen LogP) is -3.32. The molecule has 0 aliphatic heterocycles. The van der Waals surface area contributed by atoms with Crippen LogP contribution in [0.3, 0.4) is 0 Å². The molecule has 0 radical (unpaired) electrons. The maximum atomic E-state index is 12.1. The standard InChI is InChI=1S/C16H28N8O5S.O.Tc/c17-4-2-1-3-11(18)14(26)21-9-13(25)22-12(10-30)15(27)19-5-7-23-8-6-20-16(23)24(28)29;;/h6,8,11-12,30H,1-5,7,9-10,17-18H2,(H,19,27)(H,21,26)(H,22,25);;/q;;+3/p-3/t11-,12-;;/m0../s1/i;;1+1. The second kappa shape index (κ2) is 17.3. The Morgan fingerprint density at radius 2 is 2.06 bits per heavy atom. The number of nitrogens with one attached hydrogen (secondary N) is 1. The van der Waals surface area contributed by atoms with Crippen LogP contribution >= 0.6 is 0 Å². The average Bonchev–Trinajstić information content (AvgIpc) is 3.26. The number of nitrogens with two attached hydrogens (primary N) is 2. The van der Waals surface area contributed by atoms with Crippen molar-refractivity contribution in [2.24, 2.45) is 21.5 Å². The third kappa shape index (κ3) is 11.4. The number of unbranched alkanes of at least 4 members (excludes halogenated alkanes) is 1. The molecule has 1 rings (SSSR count). The van der Waals surface area contributed by atoms with Crippen molar-refractivity contribution in [3.05, 3.63) is 22.5 Å². The number of rotatable bonds is 14. The second-order valence-electron chi connectivity index (χ2n) is 6.22. The molecule has 1 heterocycles. The summed E-state index contributed by atoms with van der Waals surface area (Å²) in [6.07, 6.45) is 4.50. The molecule has 0 fully saturated rings. The number of carbonyl (C=O) groups is 1. The van der Waals surface area contributed by atoms with Gasteiger partial charge in [0.05, 0.1) is 13.1 Å². The Morgan fingerprint density at radius 3 is 2.66 bits per heavy atom. The molecule has 1 aromatic heterocycles. The van der Waals surface area contributed by atoms with Crippen LogP contribution in [0.25, 0.3) is 0 Å². The molecule has 32 heavy (non-hydrogen) atoms. The molecule has 0 bridgehead atoms. The fourth-order valence-electron chi connectivity index (χ4n) is 2.35. The number of aromatic nitrogens is 2. The van der Waals surface area contributed by atoms with Crippen LogP contribution in [0.4, 0.5) is 5.95 Å². The Balaban J connectivity index is 0.00000466. The quantitative estimate of drug-likeness (QED) is 0.0515. The van der Waals surface area contributed by atoms with Crippen LogP contribution in [-0.4, -0.2) is 69.6 Å². The molecule has 0 saturated carbocycles. The van der Waals surface area contributed by atoms with Gasteiger partial charge in [-0.2, -0.15) is 0 Å². The van der Waals surface area contributed by atoms with E-state index in [-0.39, 0.29) is 24.8 Å². The van der Waals surface area contributed by atoms with E-state index in [0.29, 0.717) is 19.4 Å². The Morgan fingerprint density at radius 1 is 1.38 bits per heavy atom. The summed E-state index contributed by atoms with van der Waals surface area (Å²) in [7, 11) is 0. The summed E-state index contributed by atoms with van der Waals surface area (Å²) in [5.41, 5.74) is 11.1. The molecule has 0 spiro atoms. The van der Waals surface area contributed by atoms with Gasteiger partial charge >= 0.3 is 28.3 Å². The molecule has 5 N–H and O–H groups in total. The summed E-state index contributed by atoms with van der Waals surface area (Å²) in [5, 5.41) is 37.0. The topological polar surface area (TPSA) is 230 Å². The number of aliphatic imine (C=N–C) groups is 2. The minimum atomic E-state index is -1.13. The molecule has 14 nitrogen and oxygen atoms in total. The van der Waals surface area contributed by atoms with Crippen molar-refractivity contribution in [2.45, 2.75) is 37.9 Å². The average molecular weight is 556 g/mol. The van der Waals surface area contributed by atoms with E-state index in [9.17, 15) is 25.1 Å². The normalized spacial score (nSPS) is 13.6. The summed E-state index contributed by atoms with van der Waals surface area (Å²) >= 11 is 5.75. The molecule has 1 aromatic rings. The van der Waals surface area contributed by atoms with Gasteiger partial charge in [0.25, 0.3) is 0 Å². The third-order valence-electron chi connectivity index (χ3n) is 3.93. The molecule has 0 saturated heterocycles. The number of amides is 1. The zero-order valence-electron chi connectivity index (χ0n) is 17.1. The van der Waals surface area contributed by atoms with Crippen LogP contribution in [0.2, 0.25) is 0 Å². The zero-order chi connectivity index (χ0) is 24.5. The van der Waals surface area contributed by atoms with E-state index in [0.717, 1.165) is 25.3 Å². The summed E-state index contributed by atoms with van der Waals surface area (Å²) in [6, 6.07) is -1.94. The van der Waals surface area contributed by atoms with Crippen molar-refractivity contribution in [3.8, 4) is 0 Å². The van der Waals surface area contributed by atoms with E-state index in [1.54, 1.807) is 0 Å². The molecule has 1 amide bonds. The molecule has 0 aliphatic carbocycles. The van der Waals surface area contributed by atoms with E-state index >= 15 is 0 Å². The van der Waals surface area contributed by atoms with Gasteiger partial charge in [-0.25, -0.2) is 4.57 Å². The Hall–Kier alpha value is -2.26.